The van der Waals surface area contributed by atoms with E-state index in [2.05, 4.69) is 0 Å². The van der Waals surface area contributed by atoms with Gasteiger partial charge in [0, 0.05) is 37.7 Å². The number of aryl methyl sites for hydroxylation is 1. The summed E-state index contributed by atoms with van der Waals surface area (Å²) in [5.74, 6) is -0.717. The highest BCUT2D eigenvalue weighted by molar-refractivity contribution is 6.01. The van der Waals surface area contributed by atoms with Gasteiger partial charge in [0.2, 0.25) is 17.7 Å². The number of amides is 3. The summed E-state index contributed by atoms with van der Waals surface area (Å²) in [7, 11) is 0. The van der Waals surface area contributed by atoms with Gasteiger partial charge in [-0.05, 0) is 43.9 Å². The van der Waals surface area contributed by atoms with Crippen LogP contribution < -0.4 is 10.6 Å². The van der Waals surface area contributed by atoms with Crippen LogP contribution in [-0.4, -0.2) is 42.3 Å². The maximum atomic E-state index is 12.8. The third kappa shape index (κ3) is 3.38. The van der Waals surface area contributed by atoms with Crippen LogP contribution in [0.1, 0.15) is 30.4 Å². The molecule has 2 saturated heterocycles. The van der Waals surface area contributed by atoms with Crippen LogP contribution in [0.4, 0.5) is 5.69 Å². The largest absolute Gasteiger partial charge is 0.369 e. The molecule has 0 bridgehead atoms. The molecule has 3 rings (SSSR count). The van der Waals surface area contributed by atoms with Gasteiger partial charge < -0.3 is 15.5 Å². The lowest BCUT2D eigenvalue weighted by molar-refractivity contribution is -0.138. The third-order valence-corrected chi connectivity index (χ3v) is 5.55. The highest BCUT2D eigenvalue weighted by atomic mass is 16.2. The fourth-order valence-corrected chi connectivity index (χ4v) is 3.78. The van der Waals surface area contributed by atoms with Crippen molar-refractivity contribution < 1.29 is 14.4 Å². The van der Waals surface area contributed by atoms with Crippen molar-refractivity contribution >= 4 is 23.4 Å². The number of likely N-dealkylation sites (tertiary alicyclic amines) is 1. The highest BCUT2D eigenvalue weighted by Crippen LogP contribution is 2.31. The Kier molecular flexibility index (Phi) is 4.79. The molecule has 2 fully saturated rings. The van der Waals surface area contributed by atoms with Crippen molar-refractivity contribution in [1.29, 1.82) is 0 Å². The maximum Gasteiger partial charge on any atom is 0.228 e. The van der Waals surface area contributed by atoms with Crippen molar-refractivity contribution in [3.63, 3.8) is 0 Å². The predicted molar refractivity (Wildman–Crippen MR) is 94.9 cm³/mol. The molecule has 6 heteroatoms. The van der Waals surface area contributed by atoms with Gasteiger partial charge in [0.05, 0.1) is 5.92 Å². The Morgan fingerprint density at radius 3 is 2.44 bits per heavy atom. The molecule has 2 N–H and O–H groups in total. The zero-order valence-corrected chi connectivity index (χ0v) is 14.8. The van der Waals surface area contributed by atoms with Gasteiger partial charge in [-0.2, -0.15) is 0 Å². The molecule has 1 unspecified atom stereocenters. The minimum absolute atomic E-state index is 0.000859. The second-order valence-electron chi connectivity index (χ2n) is 7.13. The molecule has 2 heterocycles. The summed E-state index contributed by atoms with van der Waals surface area (Å²) in [5.41, 5.74) is 8.45. The van der Waals surface area contributed by atoms with E-state index in [0.29, 0.717) is 32.5 Å². The van der Waals surface area contributed by atoms with Crippen LogP contribution in [0.25, 0.3) is 0 Å². The number of hydrogen-bond acceptors (Lipinski definition) is 3. The zero-order valence-electron chi connectivity index (χ0n) is 14.8. The number of hydrogen-bond donors (Lipinski definition) is 1. The second kappa shape index (κ2) is 6.86. The van der Waals surface area contributed by atoms with Gasteiger partial charge in [-0.1, -0.05) is 12.1 Å². The maximum absolute atomic E-state index is 12.8. The number of nitrogens with two attached hydrogens (primary N) is 1. The summed E-state index contributed by atoms with van der Waals surface area (Å²) < 4.78 is 0. The van der Waals surface area contributed by atoms with Gasteiger partial charge in [0.15, 0.2) is 0 Å². The molecule has 1 atom stereocenters. The SMILES string of the molecule is Cc1cccc(N2CC(C(=O)N3CCC(C(N)=O)CC3)CC2=O)c1C. The Morgan fingerprint density at radius 1 is 1.12 bits per heavy atom. The minimum atomic E-state index is -0.308. The number of primary amides is 1. The number of piperidine rings is 1. The molecule has 0 radical (unpaired) electrons. The number of carbonyl (C=O) groups is 3. The lowest BCUT2D eigenvalue weighted by atomic mass is 9.95. The van der Waals surface area contributed by atoms with Gasteiger partial charge in [0.1, 0.15) is 0 Å². The van der Waals surface area contributed by atoms with Crippen molar-refractivity contribution in [1.82, 2.24) is 4.90 Å². The molecular formula is C19H25N3O3. The van der Waals surface area contributed by atoms with Crippen molar-refractivity contribution in [2.75, 3.05) is 24.5 Å². The number of anilines is 1. The zero-order chi connectivity index (χ0) is 18.1. The van der Waals surface area contributed by atoms with E-state index in [1.807, 2.05) is 32.0 Å². The Balaban J connectivity index is 1.67. The topological polar surface area (TPSA) is 83.7 Å². The Hall–Kier alpha value is -2.37. The average Bonchev–Trinajstić information content (AvgIpc) is 2.98. The number of benzene rings is 1. The molecule has 2 aliphatic rings. The Morgan fingerprint density at radius 2 is 1.80 bits per heavy atom. The minimum Gasteiger partial charge on any atom is -0.369 e. The molecule has 3 amide bonds. The molecule has 6 nitrogen and oxygen atoms in total. The lowest BCUT2D eigenvalue weighted by Gasteiger charge is -2.32. The summed E-state index contributed by atoms with van der Waals surface area (Å²) in [6, 6.07) is 5.89. The molecule has 1 aromatic rings. The Bertz CT molecular complexity index is 708. The molecule has 0 aromatic heterocycles. The first-order valence-corrected chi connectivity index (χ1v) is 8.83. The molecule has 0 spiro atoms. The van der Waals surface area contributed by atoms with Gasteiger partial charge in [-0.3, -0.25) is 14.4 Å². The quantitative estimate of drug-likeness (QED) is 0.900. The van der Waals surface area contributed by atoms with E-state index >= 15 is 0 Å². The van der Waals surface area contributed by atoms with E-state index < -0.39 is 0 Å². The Labute approximate surface area is 148 Å². The number of nitrogens with zero attached hydrogens (tertiary/aromatic N) is 2. The van der Waals surface area contributed by atoms with E-state index in [9.17, 15) is 14.4 Å². The van der Waals surface area contributed by atoms with Crippen molar-refractivity contribution in [3.05, 3.63) is 29.3 Å². The first-order valence-electron chi connectivity index (χ1n) is 8.83. The van der Waals surface area contributed by atoms with Crippen molar-refractivity contribution in [3.8, 4) is 0 Å². The summed E-state index contributed by atoms with van der Waals surface area (Å²) in [4.78, 5) is 40.0. The van der Waals surface area contributed by atoms with E-state index in [4.69, 9.17) is 5.73 Å². The van der Waals surface area contributed by atoms with Crippen LogP contribution in [0.5, 0.6) is 0 Å². The molecular weight excluding hydrogens is 318 g/mol. The van der Waals surface area contributed by atoms with Gasteiger partial charge >= 0.3 is 0 Å². The van der Waals surface area contributed by atoms with Crippen LogP contribution in [0.2, 0.25) is 0 Å². The first-order chi connectivity index (χ1) is 11.9. The van der Waals surface area contributed by atoms with E-state index in [0.717, 1.165) is 16.8 Å². The molecule has 134 valence electrons. The van der Waals surface area contributed by atoms with E-state index in [1.165, 1.54) is 0 Å². The molecule has 0 saturated carbocycles. The highest BCUT2D eigenvalue weighted by Gasteiger charge is 2.38. The van der Waals surface area contributed by atoms with Crippen LogP contribution in [-0.2, 0) is 14.4 Å². The standard InChI is InChI=1S/C19H25N3O3/c1-12-4-3-5-16(13(12)2)22-11-15(10-17(22)23)19(25)21-8-6-14(7-9-21)18(20)24/h3-5,14-15H,6-11H2,1-2H3,(H2,20,24). The summed E-state index contributed by atoms with van der Waals surface area (Å²) >= 11 is 0. The van der Waals surface area contributed by atoms with Crippen LogP contribution in [0.3, 0.4) is 0 Å². The van der Waals surface area contributed by atoms with Gasteiger partial charge in [0.25, 0.3) is 0 Å². The van der Waals surface area contributed by atoms with Crippen molar-refractivity contribution in [2.24, 2.45) is 17.6 Å². The average molecular weight is 343 g/mol. The smallest absolute Gasteiger partial charge is 0.228 e. The fraction of sp³-hybridized carbons (Fsp3) is 0.526. The molecule has 2 aliphatic heterocycles. The van der Waals surface area contributed by atoms with Crippen LogP contribution in [0.15, 0.2) is 18.2 Å². The molecule has 25 heavy (non-hydrogen) atoms. The molecule has 1 aromatic carbocycles. The molecule has 0 aliphatic carbocycles. The van der Waals surface area contributed by atoms with Gasteiger partial charge in [-0.25, -0.2) is 0 Å². The third-order valence-electron chi connectivity index (χ3n) is 5.55. The lowest BCUT2D eigenvalue weighted by Crippen LogP contribution is -2.44. The second-order valence-corrected chi connectivity index (χ2v) is 7.13. The first kappa shape index (κ1) is 17.5. The van der Waals surface area contributed by atoms with E-state index in [-0.39, 0.29) is 36.0 Å². The predicted octanol–water partition coefficient (Wildman–Crippen LogP) is 1.38. The van der Waals surface area contributed by atoms with Crippen LogP contribution in [0, 0.1) is 25.7 Å². The van der Waals surface area contributed by atoms with Gasteiger partial charge in [-0.15, -0.1) is 0 Å². The number of carbonyl (C=O) groups excluding carboxylic acids is 3. The fourth-order valence-electron chi connectivity index (χ4n) is 3.78. The summed E-state index contributed by atoms with van der Waals surface area (Å²) in [5, 5.41) is 0. The summed E-state index contributed by atoms with van der Waals surface area (Å²) in [6.45, 7) is 5.53. The van der Waals surface area contributed by atoms with Crippen LogP contribution >= 0.6 is 0 Å². The van der Waals surface area contributed by atoms with Crippen molar-refractivity contribution in [2.45, 2.75) is 33.1 Å². The summed E-state index contributed by atoms with van der Waals surface area (Å²) in [6.07, 6.45) is 1.48. The number of rotatable bonds is 3. The monoisotopic (exact) mass is 343 g/mol. The normalized spacial score (nSPS) is 21.7. The van der Waals surface area contributed by atoms with E-state index in [1.54, 1.807) is 9.80 Å².